The highest BCUT2D eigenvalue weighted by Crippen LogP contribution is 2.31. The van der Waals surface area contributed by atoms with Crippen molar-refractivity contribution < 1.29 is 9.15 Å². The molecule has 5 heteroatoms. The molecule has 1 heterocycles. The van der Waals surface area contributed by atoms with Gasteiger partial charge in [0, 0.05) is 11.8 Å². The fraction of sp³-hybridized carbons (Fsp3) is 0. The maximum absolute atomic E-state index is 6.04. The van der Waals surface area contributed by atoms with Crippen molar-refractivity contribution in [3.8, 4) is 11.5 Å². The van der Waals surface area contributed by atoms with E-state index in [0.29, 0.717) is 27.8 Å². The van der Waals surface area contributed by atoms with Gasteiger partial charge < -0.3 is 14.9 Å². The number of fused-ring (bicyclic) bond motifs is 1. The summed E-state index contributed by atoms with van der Waals surface area (Å²) in [7, 11) is 0. The van der Waals surface area contributed by atoms with Crippen LogP contribution in [-0.4, -0.2) is 4.98 Å². The van der Waals surface area contributed by atoms with Crippen LogP contribution in [0.25, 0.3) is 11.1 Å². The first-order valence-electron chi connectivity index (χ1n) is 5.28. The number of hydrogen-bond donors (Lipinski definition) is 1. The SMILES string of the molecule is Nc1ccc(Oc2ccc3ocnc3c2)c(Cl)c1. The molecule has 0 fully saturated rings. The largest absolute Gasteiger partial charge is 0.456 e. The lowest BCUT2D eigenvalue weighted by molar-refractivity contribution is 0.483. The van der Waals surface area contributed by atoms with Crippen molar-refractivity contribution in [2.45, 2.75) is 0 Å². The van der Waals surface area contributed by atoms with Gasteiger partial charge in [0.2, 0.25) is 0 Å². The number of hydrogen-bond acceptors (Lipinski definition) is 4. The molecule has 2 N–H and O–H groups in total. The summed E-state index contributed by atoms with van der Waals surface area (Å²) in [5.74, 6) is 1.19. The molecule has 0 saturated heterocycles. The number of benzene rings is 2. The number of halogens is 1. The lowest BCUT2D eigenvalue weighted by atomic mass is 10.3. The van der Waals surface area contributed by atoms with Crippen LogP contribution in [0.3, 0.4) is 0 Å². The van der Waals surface area contributed by atoms with E-state index in [0.717, 1.165) is 5.52 Å². The smallest absolute Gasteiger partial charge is 0.181 e. The lowest BCUT2D eigenvalue weighted by Gasteiger charge is -2.07. The number of aromatic nitrogens is 1. The van der Waals surface area contributed by atoms with Crippen LogP contribution in [0.5, 0.6) is 11.5 Å². The first kappa shape index (κ1) is 10.9. The Kier molecular flexibility index (Phi) is 2.57. The molecule has 2 aromatic carbocycles. The average molecular weight is 261 g/mol. The number of nitrogen functional groups attached to an aromatic ring is 1. The predicted octanol–water partition coefficient (Wildman–Crippen LogP) is 3.86. The average Bonchev–Trinajstić information content (AvgIpc) is 2.80. The van der Waals surface area contributed by atoms with Crippen molar-refractivity contribution in [2.75, 3.05) is 5.73 Å². The molecule has 0 aliphatic rings. The van der Waals surface area contributed by atoms with Gasteiger partial charge in [0.15, 0.2) is 12.0 Å². The quantitative estimate of drug-likeness (QED) is 0.711. The Morgan fingerprint density at radius 1 is 1.17 bits per heavy atom. The third-order valence-electron chi connectivity index (χ3n) is 2.49. The van der Waals surface area contributed by atoms with Crippen LogP contribution in [0.4, 0.5) is 5.69 Å². The van der Waals surface area contributed by atoms with E-state index in [-0.39, 0.29) is 0 Å². The number of oxazole rings is 1. The van der Waals surface area contributed by atoms with Crippen LogP contribution >= 0.6 is 11.6 Å². The van der Waals surface area contributed by atoms with Gasteiger partial charge in [-0.2, -0.15) is 0 Å². The minimum atomic E-state index is 0.468. The molecule has 0 aliphatic carbocycles. The van der Waals surface area contributed by atoms with E-state index in [4.69, 9.17) is 26.5 Å². The molecule has 0 amide bonds. The second kappa shape index (κ2) is 4.23. The normalized spacial score (nSPS) is 10.7. The van der Waals surface area contributed by atoms with Gasteiger partial charge in [-0.1, -0.05) is 11.6 Å². The molecule has 3 aromatic rings. The Labute approximate surface area is 108 Å². The summed E-state index contributed by atoms with van der Waals surface area (Å²) in [5.41, 5.74) is 7.66. The van der Waals surface area contributed by atoms with E-state index in [2.05, 4.69) is 4.98 Å². The highest BCUT2D eigenvalue weighted by Gasteiger charge is 2.05. The van der Waals surface area contributed by atoms with Crippen molar-refractivity contribution in [2.24, 2.45) is 0 Å². The maximum Gasteiger partial charge on any atom is 0.181 e. The second-order valence-corrected chi connectivity index (χ2v) is 4.18. The molecule has 18 heavy (non-hydrogen) atoms. The molecular formula is C13H9ClN2O2. The highest BCUT2D eigenvalue weighted by atomic mass is 35.5. The van der Waals surface area contributed by atoms with E-state index in [1.165, 1.54) is 6.39 Å². The molecule has 0 atom stereocenters. The molecule has 4 nitrogen and oxygen atoms in total. The van der Waals surface area contributed by atoms with E-state index < -0.39 is 0 Å². The van der Waals surface area contributed by atoms with Gasteiger partial charge in [-0.15, -0.1) is 0 Å². The summed E-state index contributed by atoms with van der Waals surface area (Å²) < 4.78 is 10.8. The summed E-state index contributed by atoms with van der Waals surface area (Å²) in [6.07, 6.45) is 1.39. The molecule has 0 spiro atoms. The molecule has 0 aliphatic heterocycles. The number of nitrogens with zero attached hydrogens (tertiary/aromatic N) is 1. The van der Waals surface area contributed by atoms with Gasteiger partial charge >= 0.3 is 0 Å². The van der Waals surface area contributed by atoms with Gasteiger partial charge in [-0.25, -0.2) is 4.98 Å². The Morgan fingerprint density at radius 2 is 2.06 bits per heavy atom. The van der Waals surface area contributed by atoms with E-state index in [9.17, 15) is 0 Å². The van der Waals surface area contributed by atoms with E-state index in [1.54, 1.807) is 36.4 Å². The molecule has 0 radical (unpaired) electrons. The van der Waals surface area contributed by atoms with Crippen molar-refractivity contribution >= 4 is 28.4 Å². The molecule has 0 saturated carbocycles. The van der Waals surface area contributed by atoms with Gasteiger partial charge in [0.1, 0.15) is 17.0 Å². The predicted molar refractivity (Wildman–Crippen MR) is 69.9 cm³/mol. The number of nitrogens with two attached hydrogens (primary N) is 1. The molecule has 3 rings (SSSR count). The van der Waals surface area contributed by atoms with Crippen LogP contribution < -0.4 is 10.5 Å². The summed E-state index contributed by atoms with van der Waals surface area (Å²) >= 11 is 6.04. The number of ether oxygens (including phenoxy) is 1. The first-order chi connectivity index (χ1) is 8.72. The highest BCUT2D eigenvalue weighted by molar-refractivity contribution is 6.32. The fourth-order valence-corrected chi connectivity index (χ4v) is 1.86. The van der Waals surface area contributed by atoms with Gasteiger partial charge in [0.25, 0.3) is 0 Å². The standard InChI is InChI=1S/C13H9ClN2O2/c14-10-5-8(15)1-3-12(10)18-9-2-4-13-11(6-9)16-7-17-13/h1-7H,15H2. The Morgan fingerprint density at radius 3 is 2.89 bits per heavy atom. The Bertz CT molecular complexity index is 709. The van der Waals surface area contributed by atoms with E-state index >= 15 is 0 Å². The van der Waals surface area contributed by atoms with Gasteiger partial charge in [0.05, 0.1) is 5.02 Å². The summed E-state index contributed by atoms with van der Waals surface area (Å²) in [5, 5.41) is 0.468. The topological polar surface area (TPSA) is 61.3 Å². The van der Waals surface area contributed by atoms with Crippen molar-refractivity contribution in [1.29, 1.82) is 0 Å². The molecule has 0 unspecified atom stereocenters. The van der Waals surface area contributed by atoms with E-state index in [1.807, 2.05) is 0 Å². The van der Waals surface area contributed by atoms with Crippen LogP contribution in [0, 0.1) is 0 Å². The summed E-state index contributed by atoms with van der Waals surface area (Å²) in [6.45, 7) is 0. The maximum atomic E-state index is 6.04. The zero-order chi connectivity index (χ0) is 12.5. The summed E-state index contributed by atoms with van der Waals surface area (Å²) in [4.78, 5) is 4.06. The summed E-state index contributed by atoms with van der Waals surface area (Å²) in [6, 6.07) is 10.5. The molecule has 0 bridgehead atoms. The van der Waals surface area contributed by atoms with Crippen LogP contribution in [0.15, 0.2) is 47.2 Å². The van der Waals surface area contributed by atoms with Crippen LogP contribution in [0.1, 0.15) is 0 Å². The number of anilines is 1. The zero-order valence-corrected chi connectivity index (χ0v) is 10.0. The second-order valence-electron chi connectivity index (χ2n) is 3.77. The monoisotopic (exact) mass is 260 g/mol. The molecular weight excluding hydrogens is 252 g/mol. The third kappa shape index (κ3) is 1.98. The van der Waals surface area contributed by atoms with Crippen LogP contribution in [-0.2, 0) is 0 Å². The molecule has 90 valence electrons. The van der Waals surface area contributed by atoms with Crippen molar-refractivity contribution in [3.63, 3.8) is 0 Å². The van der Waals surface area contributed by atoms with Crippen LogP contribution in [0.2, 0.25) is 5.02 Å². The molecule has 1 aromatic heterocycles. The van der Waals surface area contributed by atoms with Gasteiger partial charge in [-0.3, -0.25) is 0 Å². The first-order valence-corrected chi connectivity index (χ1v) is 5.66. The Balaban J connectivity index is 1.95. The zero-order valence-electron chi connectivity index (χ0n) is 9.26. The minimum absolute atomic E-state index is 0.468. The fourth-order valence-electron chi connectivity index (χ4n) is 1.63. The lowest BCUT2D eigenvalue weighted by Crippen LogP contribution is -1.88. The number of rotatable bonds is 2. The van der Waals surface area contributed by atoms with Crippen molar-refractivity contribution in [1.82, 2.24) is 4.98 Å². The Hall–Kier alpha value is -2.20. The minimum Gasteiger partial charge on any atom is -0.456 e. The van der Waals surface area contributed by atoms with Crippen molar-refractivity contribution in [3.05, 3.63) is 47.8 Å². The third-order valence-corrected chi connectivity index (χ3v) is 2.78. The van der Waals surface area contributed by atoms with Gasteiger partial charge in [-0.05, 0) is 30.3 Å².